The molecule has 5 heteroatoms. The summed E-state index contributed by atoms with van der Waals surface area (Å²) in [6, 6.07) is 5.71. The van der Waals surface area contributed by atoms with Crippen LogP contribution in [0.1, 0.15) is 24.8 Å². The molecule has 0 aliphatic carbocycles. The molecule has 1 aromatic carbocycles. The molecule has 0 saturated carbocycles. The van der Waals surface area contributed by atoms with Crippen molar-refractivity contribution in [2.24, 2.45) is 5.73 Å². The number of ether oxygens (including phenoxy) is 1. The van der Waals surface area contributed by atoms with Crippen molar-refractivity contribution in [1.29, 1.82) is 0 Å². The molecule has 20 heavy (non-hydrogen) atoms. The summed E-state index contributed by atoms with van der Waals surface area (Å²) in [7, 11) is 0. The number of hydrogen-bond acceptors (Lipinski definition) is 3. The standard InChI is InChI=1S/C15H22Cl2N2O/c16-13-3-2-12(15(17)10-13)11-19-7-4-14(5-8-19)20-9-1-6-18/h2-3,10,14H,1,4-9,11,18H2. The van der Waals surface area contributed by atoms with Crippen LogP contribution >= 0.6 is 23.2 Å². The summed E-state index contributed by atoms with van der Waals surface area (Å²) >= 11 is 12.1. The number of nitrogens with zero attached hydrogens (tertiary/aromatic N) is 1. The first-order valence-electron chi connectivity index (χ1n) is 7.17. The van der Waals surface area contributed by atoms with E-state index in [2.05, 4.69) is 4.90 Å². The quantitative estimate of drug-likeness (QED) is 0.818. The van der Waals surface area contributed by atoms with E-state index >= 15 is 0 Å². The van der Waals surface area contributed by atoms with Gasteiger partial charge in [-0.25, -0.2) is 0 Å². The molecule has 1 aliphatic rings. The van der Waals surface area contributed by atoms with Crippen molar-refractivity contribution in [2.75, 3.05) is 26.2 Å². The maximum atomic E-state index is 6.21. The lowest BCUT2D eigenvalue weighted by molar-refractivity contribution is 0.00564. The third-order valence-corrected chi connectivity index (χ3v) is 4.23. The lowest BCUT2D eigenvalue weighted by atomic mass is 10.1. The Bertz CT molecular complexity index is 420. The highest BCUT2D eigenvalue weighted by atomic mass is 35.5. The zero-order valence-electron chi connectivity index (χ0n) is 11.7. The monoisotopic (exact) mass is 316 g/mol. The Morgan fingerprint density at radius 1 is 1.25 bits per heavy atom. The zero-order chi connectivity index (χ0) is 14.4. The Morgan fingerprint density at radius 2 is 2.00 bits per heavy atom. The van der Waals surface area contributed by atoms with Crippen molar-refractivity contribution in [2.45, 2.75) is 31.9 Å². The van der Waals surface area contributed by atoms with Crippen LogP contribution in [0.5, 0.6) is 0 Å². The molecule has 0 atom stereocenters. The van der Waals surface area contributed by atoms with Gasteiger partial charge in [-0.3, -0.25) is 4.90 Å². The molecule has 3 nitrogen and oxygen atoms in total. The Hall–Kier alpha value is -0.320. The third-order valence-electron chi connectivity index (χ3n) is 3.65. The van der Waals surface area contributed by atoms with Gasteiger partial charge in [-0.1, -0.05) is 29.3 Å². The van der Waals surface area contributed by atoms with Crippen molar-refractivity contribution in [1.82, 2.24) is 4.90 Å². The molecule has 1 aromatic rings. The summed E-state index contributed by atoms with van der Waals surface area (Å²) in [6.07, 6.45) is 3.49. The van der Waals surface area contributed by atoms with Crippen LogP contribution < -0.4 is 5.73 Å². The van der Waals surface area contributed by atoms with Crippen molar-refractivity contribution in [3.63, 3.8) is 0 Å². The van der Waals surface area contributed by atoms with Crippen LogP contribution in [0.15, 0.2) is 18.2 Å². The first-order chi connectivity index (χ1) is 9.69. The molecule has 112 valence electrons. The maximum absolute atomic E-state index is 6.21. The van der Waals surface area contributed by atoms with Gasteiger partial charge in [0.2, 0.25) is 0 Å². The number of benzene rings is 1. The summed E-state index contributed by atoms with van der Waals surface area (Å²) in [5.74, 6) is 0. The molecule has 0 unspecified atom stereocenters. The third kappa shape index (κ3) is 4.90. The largest absolute Gasteiger partial charge is 0.378 e. The first-order valence-corrected chi connectivity index (χ1v) is 7.92. The minimum absolute atomic E-state index is 0.387. The van der Waals surface area contributed by atoms with Crippen LogP contribution in [0.4, 0.5) is 0 Å². The van der Waals surface area contributed by atoms with Gasteiger partial charge < -0.3 is 10.5 Å². The van der Waals surface area contributed by atoms with Gasteiger partial charge in [0.15, 0.2) is 0 Å². The second kappa shape index (κ2) is 8.20. The highest BCUT2D eigenvalue weighted by molar-refractivity contribution is 6.35. The predicted octanol–water partition coefficient (Wildman–Crippen LogP) is 3.32. The summed E-state index contributed by atoms with van der Waals surface area (Å²) in [5.41, 5.74) is 6.60. The summed E-state index contributed by atoms with van der Waals surface area (Å²) in [5, 5.41) is 1.43. The number of nitrogens with two attached hydrogens (primary N) is 1. The topological polar surface area (TPSA) is 38.5 Å². The van der Waals surface area contributed by atoms with Crippen LogP contribution in [0.3, 0.4) is 0 Å². The first kappa shape index (κ1) is 16.1. The molecule has 1 heterocycles. The minimum atomic E-state index is 0.387. The Kier molecular flexibility index (Phi) is 6.59. The molecule has 0 bridgehead atoms. The zero-order valence-corrected chi connectivity index (χ0v) is 13.2. The second-order valence-electron chi connectivity index (χ2n) is 5.22. The van der Waals surface area contributed by atoms with E-state index in [0.29, 0.717) is 17.7 Å². The van der Waals surface area contributed by atoms with Crippen LogP contribution in [-0.2, 0) is 11.3 Å². The molecule has 1 saturated heterocycles. The van der Waals surface area contributed by atoms with Gasteiger partial charge in [0.25, 0.3) is 0 Å². The van der Waals surface area contributed by atoms with Gasteiger partial charge in [0.1, 0.15) is 0 Å². The molecular weight excluding hydrogens is 295 g/mol. The normalized spacial score (nSPS) is 17.6. The second-order valence-corrected chi connectivity index (χ2v) is 6.07. The Labute approximate surface area is 131 Å². The fourth-order valence-electron chi connectivity index (χ4n) is 2.46. The average molecular weight is 317 g/mol. The molecule has 2 rings (SSSR count). The van der Waals surface area contributed by atoms with Crippen molar-refractivity contribution >= 4 is 23.2 Å². The lowest BCUT2D eigenvalue weighted by Crippen LogP contribution is -2.36. The van der Waals surface area contributed by atoms with E-state index < -0.39 is 0 Å². The predicted molar refractivity (Wildman–Crippen MR) is 84.4 cm³/mol. The molecule has 0 aromatic heterocycles. The van der Waals surface area contributed by atoms with Gasteiger partial charge in [-0.05, 0) is 43.5 Å². The Balaban J connectivity index is 1.76. The molecule has 0 amide bonds. The summed E-state index contributed by atoms with van der Waals surface area (Å²) in [6.45, 7) is 4.46. The van der Waals surface area contributed by atoms with Crippen LogP contribution in [0.25, 0.3) is 0 Å². The minimum Gasteiger partial charge on any atom is -0.378 e. The lowest BCUT2D eigenvalue weighted by Gasteiger charge is -2.32. The molecule has 0 spiro atoms. The van der Waals surface area contributed by atoms with E-state index in [1.54, 1.807) is 6.07 Å². The number of piperidine rings is 1. The molecule has 0 radical (unpaired) electrons. The average Bonchev–Trinajstić information content (AvgIpc) is 2.44. The van der Waals surface area contributed by atoms with E-state index in [4.69, 9.17) is 33.7 Å². The van der Waals surface area contributed by atoms with Crippen LogP contribution in [-0.4, -0.2) is 37.2 Å². The summed E-state index contributed by atoms with van der Waals surface area (Å²) in [4.78, 5) is 2.41. The molecule has 1 fully saturated rings. The van der Waals surface area contributed by atoms with E-state index in [9.17, 15) is 0 Å². The fraction of sp³-hybridized carbons (Fsp3) is 0.600. The van der Waals surface area contributed by atoms with Gasteiger partial charge in [0.05, 0.1) is 6.10 Å². The Morgan fingerprint density at radius 3 is 2.65 bits per heavy atom. The van der Waals surface area contributed by atoms with E-state index in [1.165, 1.54) is 0 Å². The van der Waals surface area contributed by atoms with Crippen LogP contribution in [0.2, 0.25) is 10.0 Å². The maximum Gasteiger partial charge on any atom is 0.0599 e. The van der Waals surface area contributed by atoms with Crippen molar-refractivity contribution in [3.8, 4) is 0 Å². The van der Waals surface area contributed by atoms with Crippen molar-refractivity contribution in [3.05, 3.63) is 33.8 Å². The number of halogens is 2. The summed E-state index contributed by atoms with van der Waals surface area (Å²) < 4.78 is 5.81. The SMILES string of the molecule is NCCCOC1CCN(Cc2ccc(Cl)cc2Cl)CC1. The highest BCUT2D eigenvalue weighted by Crippen LogP contribution is 2.24. The van der Waals surface area contributed by atoms with E-state index in [0.717, 1.165) is 56.1 Å². The van der Waals surface area contributed by atoms with Gasteiger partial charge in [-0.2, -0.15) is 0 Å². The molecular formula is C15H22Cl2N2O. The smallest absolute Gasteiger partial charge is 0.0599 e. The van der Waals surface area contributed by atoms with Gasteiger partial charge >= 0.3 is 0 Å². The fourth-order valence-corrected chi connectivity index (χ4v) is 2.93. The molecule has 1 aliphatic heterocycles. The number of hydrogen-bond donors (Lipinski definition) is 1. The van der Waals surface area contributed by atoms with E-state index in [1.807, 2.05) is 12.1 Å². The van der Waals surface area contributed by atoms with Crippen molar-refractivity contribution < 1.29 is 4.74 Å². The highest BCUT2D eigenvalue weighted by Gasteiger charge is 2.20. The van der Waals surface area contributed by atoms with Crippen LogP contribution in [0, 0.1) is 0 Å². The number of rotatable bonds is 6. The number of likely N-dealkylation sites (tertiary alicyclic amines) is 1. The van der Waals surface area contributed by atoms with Gasteiger partial charge in [0, 0.05) is 36.3 Å². The molecule has 2 N–H and O–H groups in total. The van der Waals surface area contributed by atoms with E-state index in [-0.39, 0.29) is 0 Å². The van der Waals surface area contributed by atoms with Gasteiger partial charge in [-0.15, -0.1) is 0 Å².